The van der Waals surface area contributed by atoms with Crippen LogP contribution in [-0.4, -0.2) is 43.2 Å². The summed E-state index contributed by atoms with van der Waals surface area (Å²) >= 11 is 0. The second-order valence-corrected chi connectivity index (χ2v) is 9.44. The first-order valence-corrected chi connectivity index (χ1v) is 11.5. The lowest BCUT2D eigenvalue weighted by molar-refractivity contribution is -0.144. The summed E-state index contributed by atoms with van der Waals surface area (Å²) in [7, 11) is 0. The summed E-state index contributed by atoms with van der Waals surface area (Å²) < 4.78 is 1.59. The first-order valence-electron chi connectivity index (χ1n) is 11.5. The Bertz CT molecular complexity index is 1110. The number of rotatable bonds is 5. The van der Waals surface area contributed by atoms with E-state index in [1.165, 1.54) is 5.56 Å². The van der Waals surface area contributed by atoms with Crippen molar-refractivity contribution in [1.29, 1.82) is 0 Å². The Morgan fingerprint density at radius 2 is 1.75 bits per heavy atom. The predicted molar refractivity (Wildman–Crippen MR) is 124 cm³/mol. The maximum absolute atomic E-state index is 12.9. The van der Waals surface area contributed by atoms with Crippen LogP contribution < -0.4 is 5.56 Å². The van der Waals surface area contributed by atoms with Gasteiger partial charge in [-0.15, -0.1) is 0 Å². The molecule has 166 valence electrons. The van der Waals surface area contributed by atoms with E-state index in [0.29, 0.717) is 18.7 Å². The minimum absolute atomic E-state index is 0.125. The zero-order chi connectivity index (χ0) is 22.0. The smallest absolute Gasteiger partial charge is 0.253 e. The zero-order valence-corrected chi connectivity index (χ0v) is 18.4. The molecule has 1 aromatic carbocycles. The van der Waals surface area contributed by atoms with Crippen LogP contribution in [0.25, 0.3) is 11.3 Å². The Labute approximate surface area is 188 Å². The zero-order valence-electron chi connectivity index (χ0n) is 18.4. The number of piperidine rings is 1. The lowest BCUT2D eigenvalue weighted by atomic mass is 9.66. The summed E-state index contributed by atoms with van der Waals surface area (Å²) in [6, 6.07) is 15.8. The van der Waals surface area contributed by atoms with E-state index in [4.69, 9.17) is 0 Å². The second-order valence-electron chi connectivity index (χ2n) is 9.44. The van der Waals surface area contributed by atoms with Gasteiger partial charge in [-0.3, -0.25) is 19.2 Å². The molecule has 6 nitrogen and oxygen atoms in total. The maximum atomic E-state index is 12.9. The van der Waals surface area contributed by atoms with E-state index in [0.717, 1.165) is 50.9 Å². The van der Waals surface area contributed by atoms with Gasteiger partial charge < -0.3 is 5.11 Å². The van der Waals surface area contributed by atoms with Crippen molar-refractivity contribution in [2.75, 3.05) is 13.1 Å². The molecule has 1 spiro atoms. The van der Waals surface area contributed by atoms with Crippen molar-refractivity contribution in [2.45, 2.75) is 50.8 Å². The molecular formula is C26H30N4O2. The first-order chi connectivity index (χ1) is 15.6. The number of benzene rings is 1. The third-order valence-electron chi connectivity index (χ3n) is 7.45. The number of aromatic nitrogens is 3. The van der Waals surface area contributed by atoms with Crippen LogP contribution in [0.1, 0.15) is 37.7 Å². The fourth-order valence-corrected chi connectivity index (χ4v) is 5.67. The van der Waals surface area contributed by atoms with Crippen molar-refractivity contribution >= 4 is 0 Å². The van der Waals surface area contributed by atoms with Crippen LogP contribution in [0.15, 0.2) is 72.0 Å². The molecule has 1 atom stereocenters. The number of pyridine rings is 1. The number of hydrogen-bond acceptors (Lipinski definition) is 5. The largest absolute Gasteiger partial charge is 0.387 e. The third kappa shape index (κ3) is 4.00. The molecule has 0 amide bonds. The molecule has 3 aromatic rings. The average Bonchev–Trinajstić information content (AvgIpc) is 3.29. The molecule has 2 aromatic heterocycles. The topological polar surface area (TPSA) is 71.2 Å². The molecule has 2 fully saturated rings. The molecule has 1 saturated carbocycles. The molecule has 3 heterocycles. The summed E-state index contributed by atoms with van der Waals surface area (Å²) in [5.41, 5.74) is 1.60. The Kier molecular flexibility index (Phi) is 5.66. The quantitative estimate of drug-likeness (QED) is 0.671. The van der Waals surface area contributed by atoms with Crippen molar-refractivity contribution in [3.05, 3.63) is 83.2 Å². The Morgan fingerprint density at radius 1 is 1.00 bits per heavy atom. The van der Waals surface area contributed by atoms with Gasteiger partial charge in [0.25, 0.3) is 5.56 Å². The number of aliphatic hydroxyl groups is 1. The van der Waals surface area contributed by atoms with Gasteiger partial charge in [-0.25, -0.2) is 4.98 Å². The summed E-state index contributed by atoms with van der Waals surface area (Å²) in [6.07, 6.45) is 9.92. The Hall–Kier alpha value is -2.83. The van der Waals surface area contributed by atoms with E-state index in [1.807, 2.05) is 18.2 Å². The SMILES string of the molecule is O=c1cc(-c2ccncc2)ncn1CC1(O)CCN(Cc2ccccc2)CC12CCCC2. The Morgan fingerprint density at radius 3 is 2.47 bits per heavy atom. The minimum atomic E-state index is -0.902. The monoisotopic (exact) mass is 430 g/mol. The van der Waals surface area contributed by atoms with Crippen molar-refractivity contribution < 1.29 is 5.11 Å². The van der Waals surface area contributed by atoms with Crippen LogP contribution in [0.4, 0.5) is 0 Å². The second kappa shape index (κ2) is 8.60. The highest BCUT2D eigenvalue weighted by molar-refractivity contribution is 5.57. The molecular weight excluding hydrogens is 400 g/mol. The highest BCUT2D eigenvalue weighted by Crippen LogP contribution is 2.51. The van der Waals surface area contributed by atoms with Gasteiger partial charge in [0.05, 0.1) is 24.2 Å². The number of likely N-dealkylation sites (tertiary alicyclic amines) is 1. The van der Waals surface area contributed by atoms with Crippen LogP contribution in [-0.2, 0) is 13.1 Å². The Balaban J connectivity index is 1.37. The van der Waals surface area contributed by atoms with Gasteiger partial charge in [-0.2, -0.15) is 0 Å². The van der Waals surface area contributed by atoms with Gasteiger partial charge in [0.1, 0.15) is 0 Å². The number of hydrogen-bond donors (Lipinski definition) is 1. The first kappa shape index (κ1) is 21.0. The minimum Gasteiger partial charge on any atom is -0.387 e. The molecule has 1 saturated heterocycles. The van der Waals surface area contributed by atoms with E-state index in [2.05, 4.69) is 39.1 Å². The van der Waals surface area contributed by atoms with Crippen LogP contribution >= 0.6 is 0 Å². The third-order valence-corrected chi connectivity index (χ3v) is 7.45. The van der Waals surface area contributed by atoms with Crippen LogP contribution in [0, 0.1) is 5.41 Å². The molecule has 32 heavy (non-hydrogen) atoms. The lowest BCUT2D eigenvalue weighted by Gasteiger charge is -2.52. The van der Waals surface area contributed by atoms with Gasteiger partial charge in [0.2, 0.25) is 0 Å². The highest BCUT2D eigenvalue weighted by Gasteiger charge is 2.54. The molecule has 6 heteroatoms. The van der Waals surface area contributed by atoms with Crippen molar-refractivity contribution in [2.24, 2.45) is 5.41 Å². The predicted octanol–water partition coefficient (Wildman–Crippen LogP) is 3.50. The fraction of sp³-hybridized carbons (Fsp3) is 0.423. The molecule has 1 aliphatic heterocycles. The molecule has 2 aliphatic rings. The van der Waals surface area contributed by atoms with Crippen molar-refractivity contribution in [1.82, 2.24) is 19.4 Å². The molecule has 0 radical (unpaired) electrons. The molecule has 1 N–H and O–H groups in total. The fourth-order valence-electron chi connectivity index (χ4n) is 5.67. The van der Waals surface area contributed by atoms with Crippen LogP contribution in [0.5, 0.6) is 0 Å². The highest BCUT2D eigenvalue weighted by atomic mass is 16.3. The summed E-state index contributed by atoms with van der Waals surface area (Å²) in [6.45, 7) is 2.90. The molecule has 0 bridgehead atoms. The molecule has 5 rings (SSSR count). The summed E-state index contributed by atoms with van der Waals surface area (Å²) in [4.78, 5) is 23.9. The van der Waals surface area contributed by atoms with Gasteiger partial charge in [-0.05, 0) is 37.0 Å². The van der Waals surface area contributed by atoms with Crippen molar-refractivity contribution in [3.63, 3.8) is 0 Å². The van der Waals surface area contributed by atoms with E-state index >= 15 is 0 Å². The standard InChI is InChI=1S/C26H30N4O2/c31-24-16-23(22-8-13-27-14-9-22)28-20-30(24)19-26(32)12-15-29(17-21-6-2-1-3-7-21)18-25(26)10-4-5-11-25/h1-3,6-9,13-14,16,20,32H,4-5,10-12,15,17-19H2. The van der Waals surface area contributed by atoms with Crippen molar-refractivity contribution in [3.8, 4) is 11.3 Å². The normalized spacial score (nSPS) is 22.9. The molecule has 1 unspecified atom stereocenters. The van der Waals surface area contributed by atoms with Gasteiger partial charge >= 0.3 is 0 Å². The van der Waals surface area contributed by atoms with E-state index in [-0.39, 0.29) is 11.0 Å². The summed E-state index contributed by atoms with van der Waals surface area (Å²) in [5, 5.41) is 11.9. The van der Waals surface area contributed by atoms with Crippen LogP contribution in [0.2, 0.25) is 0 Å². The van der Waals surface area contributed by atoms with E-state index in [1.54, 1.807) is 29.4 Å². The van der Waals surface area contributed by atoms with Gasteiger partial charge in [0.15, 0.2) is 0 Å². The average molecular weight is 431 g/mol. The lowest BCUT2D eigenvalue weighted by Crippen LogP contribution is -2.61. The maximum Gasteiger partial charge on any atom is 0.253 e. The van der Waals surface area contributed by atoms with E-state index < -0.39 is 5.60 Å². The van der Waals surface area contributed by atoms with Gasteiger partial charge in [-0.1, -0.05) is 43.2 Å². The number of nitrogens with zero attached hydrogens (tertiary/aromatic N) is 4. The van der Waals surface area contributed by atoms with E-state index in [9.17, 15) is 9.90 Å². The van der Waals surface area contributed by atoms with Gasteiger partial charge in [0, 0.05) is 49.1 Å². The molecule has 1 aliphatic carbocycles. The summed E-state index contributed by atoms with van der Waals surface area (Å²) in [5.74, 6) is 0. The van der Waals surface area contributed by atoms with Crippen LogP contribution in [0.3, 0.4) is 0 Å².